The molecular weight excluding hydrogens is 462 g/mol. The van der Waals surface area contributed by atoms with Gasteiger partial charge in [0.25, 0.3) is 0 Å². The van der Waals surface area contributed by atoms with Gasteiger partial charge in [-0.15, -0.1) is 0 Å². The molecule has 2 aromatic rings. The highest BCUT2D eigenvalue weighted by Gasteiger charge is 2.33. The number of anilines is 1. The maximum atomic E-state index is 14.2. The van der Waals surface area contributed by atoms with E-state index in [1.165, 1.54) is 18.2 Å². The molecule has 1 heterocycles. The number of aryl methyl sites for hydroxylation is 2. The molecule has 0 saturated carbocycles. The Morgan fingerprint density at radius 1 is 1.15 bits per heavy atom. The second-order valence-electron chi connectivity index (χ2n) is 7.81. The fraction of sp³-hybridized carbons (Fsp3) is 0.455. The van der Waals surface area contributed by atoms with E-state index < -0.39 is 33.8 Å². The summed E-state index contributed by atoms with van der Waals surface area (Å²) in [6, 6.07) is 5.60. The van der Waals surface area contributed by atoms with Crippen LogP contribution in [0.25, 0.3) is 0 Å². The van der Waals surface area contributed by atoms with Gasteiger partial charge in [0.05, 0.1) is 18.0 Å². The van der Waals surface area contributed by atoms with E-state index in [0.717, 1.165) is 24.8 Å². The predicted octanol–water partition coefficient (Wildman–Crippen LogP) is 4.76. The lowest BCUT2D eigenvalue weighted by Gasteiger charge is -2.16. The summed E-state index contributed by atoms with van der Waals surface area (Å²) >= 11 is 0. The summed E-state index contributed by atoms with van der Waals surface area (Å²) in [4.78, 5) is 16.2. The summed E-state index contributed by atoms with van der Waals surface area (Å²) in [5.74, 6) is -1.14. The van der Waals surface area contributed by atoms with Gasteiger partial charge in [0.15, 0.2) is 0 Å². The first kappa shape index (κ1) is 26.6. The molecule has 0 aliphatic carbocycles. The molecule has 0 bridgehead atoms. The van der Waals surface area contributed by atoms with Crippen molar-refractivity contribution in [3.63, 3.8) is 0 Å². The van der Waals surface area contributed by atoms with Crippen LogP contribution in [0.15, 0.2) is 30.3 Å². The third-order valence-corrected chi connectivity index (χ3v) is 5.50. The molecule has 0 aliphatic rings. The molecule has 1 amide bonds. The van der Waals surface area contributed by atoms with Crippen LogP contribution in [0.2, 0.25) is 0 Å². The smallest absolute Gasteiger partial charge is 0.350 e. The van der Waals surface area contributed by atoms with Gasteiger partial charge in [0.1, 0.15) is 11.5 Å². The zero-order chi connectivity index (χ0) is 24.8. The van der Waals surface area contributed by atoms with Crippen molar-refractivity contribution in [1.29, 1.82) is 0 Å². The average molecular weight is 490 g/mol. The summed E-state index contributed by atoms with van der Waals surface area (Å²) in [6.07, 6.45) is -1.52. The number of amides is 1. The number of alkyl halides is 3. The molecule has 6 nitrogen and oxygen atoms in total. The summed E-state index contributed by atoms with van der Waals surface area (Å²) in [6.45, 7) is 3.57. The standard InChI is InChI=1S/C22H27F4N3O3S/c1-4-5-6-18-15(8-11-20(28-18)22(24,25)26)9-12-21(30)27-14(2)16-7-10-19(17(23)13-16)29-33(3,31)32/h7-8,10-11,13-14,29H,4-6,9,12H2,1-3H3,(H,27,30). The topological polar surface area (TPSA) is 88.2 Å². The number of hydrogen-bond acceptors (Lipinski definition) is 4. The lowest BCUT2D eigenvalue weighted by atomic mass is 10.0. The number of pyridine rings is 1. The predicted molar refractivity (Wildman–Crippen MR) is 118 cm³/mol. The maximum absolute atomic E-state index is 14.2. The Bertz CT molecular complexity index is 1090. The lowest BCUT2D eigenvalue weighted by Crippen LogP contribution is -2.27. The molecule has 0 fully saturated rings. The molecule has 1 atom stereocenters. The molecule has 0 radical (unpaired) electrons. The second-order valence-corrected chi connectivity index (χ2v) is 9.55. The monoisotopic (exact) mass is 489 g/mol. The maximum Gasteiger partial charge on any atom is 0.433 e. The Kier molecular flexibility index (Phi) is 8.82. The van der Waals surface area contributed by atoms with E-state index in [9.17, 15) is 30.8 Å². The van der Waals surface area contributed by atoms with Crippen molar-refractivity contribution in [2.45, 2.75) is 58.2 Å². The van der Waals surface area contributed by atoms with Crippen LogP contribution in [0.4, 0.5) is 23.2 Å². The van der Waals surface area contributed by atoms with Gasteiger partial charge in [-0.2, -0.15) is 13.2 Å². The van der Waals surface area contributed by atoms with E-state index in [1.54, 1.807) is 6.92 Å². The van der Waals surface area contributed by atoms with Gasteiger partial charge in [0.2, 0.25) is 15.9 Å². The van der Waals surface area contributed by atoms with Crippen molar-refractivity contribution in [1.82, 2.24) is 10.3 Å². The van der Waals surface area contributed by atoms with Crippen LogP contribution in [-0.4, -0.2) is 25.6 Å². The Hall–Kier alpha value is -2.69. The fourth-order valence-corrected chi connectivity index (χ4v) is 3.77. The van der Waals surface area contributed by atoms with E-state index in [4.69, 9.17) is 0 Å². The molecule has 11 heteroatoms. The lowest BCUT2D eigenvalue weighted by molar-refractivity contribution is -0.141. The Morgan fingerprint density at radius 3 is 2.42 bits per heavy atom. The highest BCUT2D eigenvalue weighted by atomic mass is 32.2. The summed E-state index contributed by atoms with van der Waals surface area (Å²) < 4.78 is 77.7. The van der Waals surface area contributed by atoms with Crippen LogP contribution in [0.3, 0.4) is 0 Å². The first-order valence-electron chi connectivity index (χ1n) is 10.4. The van der Waals surface area contributed by atoms with Gasteiger partial charge < -0.3 is 5.32 Å². The van der Waals surface area contributed by atoms with Crippen LogP contribution in [-0.2, 0) is 33.8 Å². The average Bonchev–Trinajstić information content (AvgIpc) is 2.70. The SMILES string of the molecule is CCCCc1nc(C(F)(F)F)ccc1CCC(=O)NC(C)c1ccc(NS(C)(=O)=O)c(F)c1. The first-order valence-corrected chi connectivity index (χ1v) is 12.3. The number of carbonyl (C=O) groups is 1. The van der Waals surface area contributed by atoms with Crippen molar-refractivity contribution in [2.75, 3.05) is 11.0 Å². The number of sulfonamides is 1. The molecule has 1 aromatic heterocycles. The number of halogens is 4. The van der Waals surface area contributed by atoms with Gasteiger partial charge >= 0.3 is 6.18 Å². The molecule has 2 rings (SSSR count). The van der Waals surface area contributed by atoms with Gasteiger partial charge in [-0.3, -0.25) is 9.52 Å². The zero-order valence-corrected chi connectivity index (χ0v) is 19.4. The van der Waals surface area contributed by atoms with Crippen molar-refractivity contribution in [3.05, 3.63) is 58.7 Å². The zero-order valence-electron chi connectivity index (χ0n) is 18.6. The fourth-order valence-electron chi connectivity index (χ4n) is 3.20. The van der Waals surface area contributed by atoms with E-state index in [-0.39, 0.29) is 24.4 Å². The normalized spacial score (nSPS) is 12.9. The molecule has 1 aromatic carbocycles. The van der Waals surface area contributed by atoms with Gasteiger partial charge in [-0.1, -0.05) is 25.5 Å². The van der Waals surface area contributed by atoms with Gasteiger partial charge in [0, 0.05) is 12.1 Å². The third kappa shape index (κ3) is 8.30. The Morgan fingerprint density at radius 2 is 1.85 bits per heavy atom. The number of nitrogens with one attached hydrogen (secondary N) is 2. The van der Waals surface area contributed by atoms with Crippen molar-refractivity contribution >= 4 is 21.6 Å². The summed E-state index contributed by atoms with van der Waals surface area (Å²) in [7, 11) is -3.63. The van der Waals surface area contributed by atoms with E-state index in [1.807, 2.05) is 6.92 Å². The molecular formula is C22H27F4N3O3S. The number of benzene rings is 1. The second kappa shape index (κ2) is 11.0. The number of unbranched alkanes of at least 4 members (excludes halogenated alkanes) is 1. The van der Waals surface area contributed by atoms with Gasteiger partial charge in [-0.25, -0.2) is 17.8 Å². The largest absolute Gasteiger partial charge is 0.433 e. The minimum atomic E-state index is -4.53. The van der Waals surface area contributed by atoms with Crippen molar-refractivity contribution in [2.24, 2.45) is 0 Å². The van der Waals surface area contributed by atoms with Gasteiger partial charge in [-0.05, 0) is 55.5 Å². The Labute approximate surface area is 190 Å². The molecule has 182 valence electrons. The summed E-state index contributed by atoms with van der Waals surface area (Å²) in [5, 5.41) is 2.71. The van der Waals surface area contributed by atoms with Crippen LogP contribution < -0.4 is 10.0 Å². The number of nitrogens with zero attached hydrogens (tertiary/aromatic N) is 1. The highest BCUT2D eigenvalue weighted by Crippen LogP contribution is 2.29. The molecule has 0 aliphatic heterocycles. The van der Waals surface area contributed by atoms with Crippen molar-refractivity contribution in [3.8, 4) is 0 Å². The summed E-state index contributed by atoms with van der Waals surface area (Å²) in [5.41, 5.74) is 0.199. The Balaban J connectivity index is 2.04. The minimum Gasteiger partial charge on any atom is -0.350 e. The van der Waals surface area contributed by atoms with E-state index in [0.29, 0.717) is 29.7 Å². The van der Waals surface area contributed by atoms with Crippen LogP contribution >= 0.6 is 0 Å². The van der Waals surface area contributed by atoms with Crippen LogP contribution in [0.5, 0.6) is 0 Å². The molecule has 33 heavy (non-hydrogen) atoms. The van der Waals surface area contributed by atoms with E-state index >= 15 is 0 Å². The highest BCUT2D eigenvalue weighted by molar-refractivity contribution is 7.92. The van der Waals surface area contributed by atoms with Crippen molar-refractivity contribution < 1.29 is 30.8 Å². The number of aromatic nitrogens is 1. The van der Waals surface area contributed by atoms with Crippen LogP contribution in [0, 0.1) is 5.82 Å². The van der Waals surface area contributed by atoms with Crippen LogP contribution in [0.1, 0.15) is 61.7 Å². The minimum absolute atomic E-state index is 0.0205. The number of carbonyl (C=O) groups excluding carboxylic acids is 1. The molecule has 0 saturated heterocycles. The quantitative estimate of drug-likeness (QED) is 0.471. The third-order valence-electron chi connectivity index (χ3n) is 4.91. The molecule has 0 spiro atoms. The number of hydrogen-bond donors (Lipinski definition) is 2. The molecule has 2 N–H and O–H groups in total. The van der Waals surface area contributed by atoms with E-state index in [2.05, 4.69) is 15.0 Å². The molecule has 1 unspecified atom stereocenters. The first-order chi connectivity index (χ1) is 15.3. The number of rotatable bonds is 10.